The van der Waals surface area contributed by atoms with Crippen LogP contribution in [0.1, 0.15) is 21.5 Å². The molecular formula is C14H9Cl3O. The van der Waals surface area contributed by atoms with E-state index in [1.807, 2.05) is 6.92 Å². The maximum Gasteiger partial charge on any atom is 0.196 e. The zero-order valence-corrected chi connectivity index (χ0v) is 11.8. The van der Waals surface area contributed by atoms with Crippen LogP contribution in [0.4, 0.5) is 0 Å². The molecule has 92 valence electrons. The van der Waals surface area contributed by atoms with Crippen LogP contribution in [-0.2, 0) is 0 Å². The van der Waals surface area contributed by atoms with E-state index in [-0.39, 0.29) is 5.78 Å². The Labute approximate surface area is 120 Å². The third-order valence-electron chi connectivity index (χ3n) is 2.62. The zero-order chi connectivity index (χ0) is 13.3. The molecule has 0 heterocycles. The molecule has 0 saturated carbocycles. The standard InChI is InChI=1S/C14H9Cl3O/c1-8-7-9(15)5-6-10(8)14(18)13-11(16)3-2-4-12(13)17/h2-7H,1H3. The minimum Gasteiger partial charge on any atom is -0.288 e. The number of aryl methyl sites for hydroxylation is 1. The van der Waals surface area contributed by atoms with Gasteiger partial charge in [0, 0.05) is 10.6 Å². The average molecular weight is 300 g/mol. The second kappa shape index (κ2) is 5.31. The second-order valence-corrected chi connectivity index (χ2v) is 5.14. The molecule has 0 aliphatic rings. The van der Waals surface area contributed by atoms with Gasteiger partial charge in [-0.05, 0) is 42.8 Å². The third kappa shape index (κ3) is 2.54. The van der Waals surface area contributed by atoms with Gasteiger partial charge >= 0.3 is 0 Å². The molecule has 0 spiro atoms. The Balaban J connectivity index is 2.55. The molecule has 0 amide bonds. The van der Waals surface area contributed by atoms with E-state index in [0.29, 0.717) is 26.2 Å². The Morgan fingerprint density at radius 1 is 1.00 bits per heavy atom. The van der Waals surface area contributed by atoms with E-state index in [0.717, 1.165) is 5.56 Å². The molecule has 0 atom stereocenters. The fraction of sp³-hybridized carbons (Fsp3) is 0.0714. The first kappa shape index (κ1) is 13.4. The molecule has 0 fully saturated rings. The summed E-state index contributed by atoms with van der Waals surface area (Å²) in [5.74, 6) is -0.195. The predicted octanol–water partition coefficient (Wildman–Crippen LogP) is 5.19. The Hall–Kier alpha value is -1.02. The number of ketones is 1. The number of carbonyl (C=O) groups excluding carboxylic acids is 1. The zero-order valence-electron chi connectivity index (χ0n) is 9.51. The van der Waals surface area contributed by atoms with Gasteiger partial charge in [0.05, 0.1) is 15.6 Å². The minimum atomic E-state index is -0.195. The van der Waals surface area contributed by atoms with Crippen LogP contribution < -0.4 is 0 Å². The smallest absolute Gasteiger partial charge is 0.196 e. The highest BCUT2D eigenvalue weighted by atomic mass is 35.5. The van der Waals surface area contributed by atoms with Crippen LogP contribution in [0.5, 0.6) is 0 Å². The van der Waals surface area contributed by atoms with Gasteiger partial charge in [-0.25, -0.2) is 0 Å². The highest BCUT2D eigenvalue weighted by molar-refractivity contribution is 6.41. The van der Waals surface area contributed by atoms with Gasteiger partial charge in [0.2, 0.25) is 0 Å². The summed E-state index contributed by atoms with van der Waals surface area (Å²) in [4.78, 5) is 12.4. The summed E-state index contributed by atoms with van der Waals surface area (Å²) in [6.07, 6.45) is 0. The Morgan fingerprint density at radius 2 is 1.61 bits per heavy atom. The van der Waals surface area contributed by atoms with Crippen molar-refractivity contribution in [3.8, 4) is 0 Å². The summed E-state index contributed by atoms with van der Waals surface area (Å²) < 4.78 is 0. The van der Waals surface area contributed by atoms with E-state index >= 15 is 0 Å². The van der Waals surface area contributed by atoms with Gasteiger partial charge in [-0.3, -0.25) is 4.79 Å². The van der Waals surface area contributed by atoms with E-state index < -0.39 is 0 Å². The molecule has 0 aliphatic heterocycles. The molecule has 18 heavy (non-hydrogen) atoms. The van der Waals surface area contributed by atoms with E-state index in [9.17, 15) is 4.79 Å². The maximum atomic E-state index is 12.4. The molecule has 0 aliphatic carbocycles. The first-order chi connectivity index (χ1) is 8.50. The van der Waals surface area contributed by atoms with Crippen LogP contribution in [-0.4, -0.2) is 5.78 Å². The Bertz CT molecular complexity index is 600. The highest BCUT2D eigenvalue weighted by Gasteiger charge is 2.18. The van der Waals surface area contributed by atoms with E-state index in [2.05, 4.69) is 0 Å². The monoisotopic (exact) mass is 298 g/mol. The summed E-state index contributed by atoms with van der Waals surface area (Å²) in [6.45, 7) is 1.82. The van der Waals surface area contributed by atoms with E-state index in [4.69, 9.17) is 34.8 Å². The number of halogens is 3. The van der Waals surface area contributed by atoms with Gasteiger partial charge in [-0.1, -0.05) is 40.9 Å². The summed E-state index contributed by atoms with van der Waals surface area (Å²) in [5, 5.41) is 1.29. The quantitative estimate of drug-likeness (QED) is 0.698. The molecular weight excluding hydrogens is 291 g/mol. The molecule has 0 N–H and O–H groups in total. The summed E-state index contributed by atoms with van der Waals surface area (Å²) >= 11 is 17.9. The van der Waals surface area contributed by atoms with Crippen molar-refractivity contribution in [3.63, 3.8) is 0 Å². The van der Waals surface area contributed by atoms with Gasteiger partial charge in [-0.15, -0.1) is 0 Å². The van der Waals surface area contributed by atoms with Gasteiger partial charge in [0.25, 0.3) is 0 Å². The van der Waals surface area contributed by atoms with Crippen molar-refractivity contribution in [3.05, 3.63) is 68.2 Å². The van der Waals surface area contributed by atoms with Crippen molar-refractivity contribution in [1.82, 2.24) is 0 Å². The molecule has 0 unspecified atom stereocenters. The lowest BCUT2D eigenvalue weighted by molar-refractivity contribution is 0.103. The molecule has 1 nitrogen and oxygen atoms in total. The van der Waals surface area contributed by atoms with Crippen molar-refractivity contribution in [2.24, 2.45) is 0 Å². The van der Waals surface area contributed by atoms with Crippen molar-refractivity contribution in [2.75, 3.05) is 0 Å². The van der Waals surface area contributed by atoms with Crippen LogP contribution in [0.15, 0.2) is 36.4 Å². The number of hydrogen-bond donors (Lipinski definition) is 0. The molecule has 2 aromatic carbocycles. The normalized spacial score (nSPS) is 10.4. The lowest BCUT2D eigenvalue weighted by Gasteiger charge is -2.08. The van der Waals surface area contributed by atoms with Crippen LogP contribution in [0, 0.1) is 6.92 Å². The fourth-order valence-corrected chi connectivity index (χ4v) is 2.53. The van der Waals surface area contributed by atoms with Crippen LogP contribution in [0.3, 0.4) is 0 Å². The fourth-order valence-electron chi connectivity index (χ4n) is 1.73. The van der Waals surface area contributed by atoms with E-state index in [1.165, 1.54) is 0 Å². The molecule has 2 aromatic rings. The van der Waals surface area contributed by atoms with Gasteiger partial charge in [0.15, 0.2) is 5.78 Å². The summed E-state index contributed by atoms with van der Waals surface area (Å²) in [6, 6.07) is 10.1. The number of rotatable bonds is 2. The Kier molecular flexibility index (Phi) is 3.96. The number of benzene rings is 2. The molecule has 0 radical (unpaired) electrons. The largest absolute Gasteiger partial charge is 0.288 e. The van der Waals surface area contributed by atoms with Crippen LogP contribution in [0.25, 0.3) is 0 Å². The SMILES string of the molecule is Cc1cc(Cl)ccc1C(=O)c1c(Cl)cccc1Cl. The maximum absolute atomic E-state index is 12.4. The third-order valence-corrected chi connectivity index (χ3v) is 3.49. The topological polar surface area (TPSA) is 17.1 Å². The first-order valence-corrected chi connectivity index (χ1v) is 6.39. The van der Waals surface area contributed by atoms with Gasteiger partial charge in [0.1, 0.15) is 0 Å². The van der Waals surface area contributed by atoms with Crippen LogP contribution in [0.2, 0.25) is 15.1 Å². The first-order valence-electron chi connectivity index (χ1n) is 5.25. The second-order valence-electron chi connectivity index (χ2n) is 3.89. The molecule has 4 heteroatoms. The molecule has 0 aromatic heterocycles. The Morgan fingerprint density at radius 3 is 2.17 bits per heavy atom. The molecule has 2 rings (SSSR count). The van der Waals surface area contributed by atoms with Crippen molar-refractivity contribution in [1.29, 1.82) is 0 Å². The van der Waals surface area contributed by atoms with E-state index in [1.54, 1.807) is 36.4 Å². The average Bonchev–Trinajstić information content (AvgIpc) is 2.28. The predicted molar refractivity (Wildman–Crippen MR) is 76.1 cm³/mol. The van der Waals surface area contributed by atoms with Gasteiger partial charge in [-0.2, -0.15) is 0 Å². The lowest BCUT2D eigenvalue weighted by atomic mass is 9.99. The van der Waals surface area contributed by atoms with Crippen molar-refractivity contribution in [2.45, 2.75) is 6.92 Å². The van der Waals surface area contributed by atoms with Gasteiger partial charge < -0.3 is 0 Å². The van der Waals surface area contributed by atoms with Crippen molar-refractivity contribution >= 4 is 40.6 Å². The number of carbonyl (C=O) groups is 1. The summed E-state index contributed by atoms with van der Waals surface area (Å²) in [7, 11) is 0. The summed E-state index contributed by atoms with van der Waals surface area (Å²) in [5.41, 5.74) is 1.67. The molecule has 0 bridgehead atoms. The van der Waals surface area contributed by atoms with Crippen molar-refractivity contribution < 1.29 is 4.79 Å². The van der Waals surface area contributed by atoms with Crippen LogP contribution >= 0.6 is 34.8 Å². The highest BCUT2D eigenvalue weighted by Crippen LogP contribution is 2.28. The minimum absolute atomic E-state index is 0.195. The molecule has 0 saturated heterocycles. The number of hydrogen-bond acceptors (Lipinski definition) is 1. The lowest BCUT2D eigenvalue weighted by Crippen LogP contribution is -2.05.